The molecule has 2 aliphatic heterocycles. The monoisotopic (exact) mass is 396 g/mol. The minimum Gasteiger partial charge on any atom is -0.343 e. The third-order valence-electron chi connectivity index (χ3n) is 6.56. The van der Waals surface area contributed by atoms with Crippen LogP contribution in [0.25, 0.3) is 0 Å². The number of aromatic nitrogens is 2. The largest absolute Gasteiger partial charge is 0.343 e. The molecule has 0 radical (unpaired) electrons. The summed E-state index contributed by atoms with van der Waals surface area (Å²) in [6.45, 7) is 6.39. The van der Waals surface area contributed by atoms with E-state index in [1.54, 1.807) is 0 Å². The van der Waals surface area contributed by atoms with Crippen molar-refractivity contribution < 1.29 is 9.59 Å². The van der Waals surface area contributed by atoms with Gasteiger partial charge in [0.15, 0.2) is 0 Å². The normalized spacial score (nSPS) is 22.3. The second-order valence-electron chi connectivity index (χ2n) is 8.64. The van der Waals surface area contributed by atoms with Gasteiger partial charge < -0.3 is 4.90 Å². The Labute approximate surface area is 173 Å². The van der Waals surface area contributed by atoms with Crippen molar-refractivity contribution in [2.75, 3.05) is 24.5 Å². The molecule has 1 saturated heterocycles. The molecule has 0 saturated carbocycles. The molecule has 0 N–H and O–H groups in total. The van der Waals surface area contributed by atoms with Gasteiger partial charge >= 0.3 is 0 Å². The van der Waals surface area contributed by atoms with E-state index in [2.05, 4.69) is 19.1 Å². The highest BCUT2D eigenvalue weighted by molar-refractivity contribution is 5.95. The zero-order chi connectivity index (χ0) is 20.4. The van der Waals surface area contributed by atoms with Gasteiger partial charge in [0.25, 0.3) is 0 Å². The summed E-state index contributed by atoms with van der Waals surface area (Å²) in [6, 6.07) is 0. The van der Waals surface area contributed by atoms with Gasteiger partial charge in [0.1, 0.15) is 11.6 Å². The SMILES string of the molecule is CCCN1C(=O)CCc2c(C)nc(C3CCN(C(=O)CC4C=CCC4)CC3)nc21. The number of hydrogen-bond donors (Lipinski definition) is 0. The Morgan fingerprint density at radius 3 is 2.66 bits per heavy atom. The van der Waals surface area contributed by atoms with E-state index >= 15 is 0 Å². The summed E-state index contributed by atoms with van der Waals surface area (Å²) in [5.41, 5.74) is 2.13. The van der Waals surface area contributed by atoms with Gasteiger partial charge in [-0.25, -0.2) is 9.97 Å². The highest BCUT2D eigenvalue weighted by atomic mass is 16.2. The maximum atomic E-state index is 12.6. The number of allylic oxidation sites excluding steroid dienone is 2. The van der Waals surface area contributed by atoms with Crippen LogP contribution in [0.2, 0.25) is 0 Å². The first-order valence-electron chi connectivity index (χ1n) is 11.2. The molecule has 3 heterocycles. The van der Waals surface area contributed by atoms with E-state index in [4.69, 9.17) is 9.97 Å². The fourth-order valence-corrected chi connectivity index (χ4v) is 4.85. The fraction of sp³-hybridized carbons (Fsp3) is 0.652. The lowest BCUT2D eigenvalue weighted by Crippen LogP contribution is -2.39. The van der Waals surface area contributed by atoms with Crippen molar-refractivity contribution in [1.82, 2.24) is 14.9 Å². The van der Waals surface area contributed by atoms with Crippen LogP contribution in [-0.4, -0.2) is 46.3 Å². The third kappa shape index (κ3) is 4.21. The van der Waals surface area contributed by atoms with Gasteiger partial charge in [0, 0.05) is 49.7 Å². The van der Waals surface area contributed by atoms with Crippen molar-refractivity contribution in [3.8, 4) is 0 Å². The molecular weight excluding hydrogens is 364 g/mol. The van der Waals surface area contributed by atoms with E-state index in [1.807, 2.05) is 16.7 Å². The lowest BCUT2D eigenvalue weighted by Gasteiger charge is -2.33. The van der Waals surface area contributed by atoms with Crippen molar-refractivity contribution in [2.24, 2.45) is 5.92 Å². The summed E-state index contributed by atoms with van der Waals surface area (Å²) in [6.07, 6.45) is 11.2. The van der Waals surface area contributed by atoms with Gasteiger partial charge in [-0.15, -0.1) is 0 Å². The van der Waals surface area contributed by atoms with E-state index < -0.39 is 0 Å². The summed E-state index contributed by atoms with van der Waals surface area (Å²) < 4.78 is 0. The third-order valence-corrected chi connectivity index (χ3v) is 6.56. The Morgan fingerprint density at radius 2 is 1.97 bits per heavy atom. The summed E-state index contributed by atoms with van der Waals surface area (Å²) >= 11 is 0. The molecule has 1 unspecified atom stereocenters. The summed E-state index contributed by atoms with van der Waals surface area (Å²) in [5, 5.41) is 0. The van der Waals surface area contributed by atoms with Gasteiger partial charge in [0.2, 0.25) is 11.8 Å². The van der Waals surface area contributed by atoms with Crippen molar-refractivity contribution >= 4 is 17.6 Å². The summed E-state index contributed by atoms with van der Waals surface area (Å²) in [7, 11) is 0. The molecular formula is C23H32N4O2. The van der Waals surface area contributed by atoms with Crippen molar-refractivity contribution in [1.29, 1.82) is 0 Å². The zero-order valence-corrected chi connectivity index (χ0v) is 17.7. The Bertz CT molecular complexity index is 811. The molecule has 3 aliphatic rings. The summed E-state index contributed by atoms with van der Waals surface area (Å²) in [4.78, 5) is 38.6. The van der Waals surface area contributed by atoms with Crippen molar-refractivity contribution in [3.63, 3.8) is 0 Å². The predicted octanol–water partition coefficient (Wildman–Crippen LogP) is 3.54. The number of carbonyl (C=O) groups is 2. The smallest absolute Gasteiger partial charge is 0.228 e. The molecule has 0 spiro atoms. The van der Waals surface area contributed by atoms with Gasteiger partial charge in [0.05, 0.1) is 0 Å². The lowest BCUT2D eigenvalue weighted by molar-refractivity contribution is -0.133. The highest BCUT2D eigenvalue weighted by Crippen LogP contribution is 2.33. The van der Waals surface area contributed by atoms with Crippen molar-refractivity contribution in [2.45, 2.75) is 71.1 Å². The standard InChI is InChI=1S/C23H32N4O2/c1-3-12-27-20(28)9-8-19-16(2)24-22(25-23(19)27)18-10-13-26(14-11-18)21(29)15-17-6-4-5-7-17/h4,6,17-18H,3,5,7-15H2,1-2H3. The number of likely N-dealkylation sites (tertiary alicyclic amines) is 1. The first-order valence-corrected chi connectivity index (χ1v) is 11.2. The number of aryl methyl sites for hydroxylation is 1. The van der Waals surface area contributed by atoms with Gasteiger partial charge in [-0.2, -0.15) is 0 Å². The molecule has 1 fully saturated rings. The number of piperidine rings is 1. The second-order valence-corrected chi connectivity index (χ2v) is 8.64. The Hall–Kier alpha value is -2.24. The second kappa shape index (κ2) is 8.64. The molecule has 0 bridgehead atoms. The number of anilines is 1. The Balaban J connectivity index is 1.44. The van der Waals surface area contributed by atoms with Crippen LogP contribution in [-0.2, 0) is 16.0 Å². The molecule has 1 aromatic rings. The minimum atomic E-state index is 0.171. The first kappa shape index (κ1) is 20.0. The topological polar surface area (TPSA) is 66.4 Å². The maximum Gasteiger partial charge on any atom is 0.228 e. The minimum absolute atomic E-state index is 0.171. The lowest BCUT2D eigenvalue weighted by atomic mass is 9.94. The number of rotatable bonds is 5. The van der Waals surface area contributed by atoms with Crippen LogP contribution in [0.4, 0.5) is 5.82 Å². The fourth-order valence-electron chi connectivity index (χ4n) is 4.85. The van der Waals surface area contributed by atoms with Crippen LogP contribution in [0.3, 0.4) is 0 Å². The molecule has 1 atom stereocenters. The highest BCUT2D eigenvalue weighted by Gasteiger charge is 2.31. The van der Waals surface area contributed by atoms with E-state index in [0.29, 0.717) is 25.3 Å². The number of fused-ring (bicyclic) bond motifs is 1. The van der Waals surface area contributed by atoms with Crippen molar-refractivity contribution in [3.05, 3.63) is 29.2 Å². The molecule has 1 aromatic heterocycles. The molecule has 0 aromatic carbocycles. The van der Waals surface area contributed by atoms with Gasteiger partial charge in [-0.05, 0) is 51.4 Å². The van der Waals surface area contributed by atoms with Crippen LogP contribution >= 0.6 is 0 Å². The van der Waals surface area contributed by atoms with Gasteiger partial charge in [-0.3, -0.25) is 14.5 Å². The average molecular weight is 397 g/mol. The Kier molecular flexibility index (Phi) is 5.97. The predicted molar refractivity (Wildman–Crippen MR) is 113 cm³/mol. The molecule has 29 heavy (non-hydrogen) atoms. The molecule has 2 amide bonds. The van der Waals surface area contributed by atoms with E-state index in [1.165, 1.54) is 0 Å². The van der Waals surface area contributed by atoms with Crippen LogP contribution in [0.5, 0.6) is 0 Å². The molecule has 6 heteroatoms. The molecule has 6 nitrogen and oxygen atoms in total. The average Bonchev–Trinajstić information content (AvgIpc) is 3.23. The molecule has 156 valence electrons. The number of amides is 2. The van der Waals surface area contributed by atoms with E-state index in [9.17, 15) is 9.59 Å². The molecule has 4 rings (SSSR count). The number of nitrogens with zero attached hydrogens (tertiary/aromatic N) is 4. The molecule has 1 aliphatic carbocycles. The summed E-state index contributed by atoms with van der Waals surface area (Å²) in [5.74, 6) is 2.82. The number of carbonyl (C=O) groups excluding carboxylic acids is 2. The Morgan fingerprint density at radius 1 is 1.17 bits per heavy atom. The van der Waals surface area contributed by atoms with Crippen LogP contribution in [0.15, 0.2) is 12.2 Å². The van der Waals surface area contributed by atoms with E-state index in [-0.39, 0.29) is 17.7 Å². The quantitative estimate of drug-likeness (QED) is 0.714. The zero-order valence-electron chi connectivity index (χ0n) is 17.7. The first-order chi connectivity index (χ1) is 14.1. The van der Waals surface area contributed by atoms with Crippen LogP contribution < -0.4 is 4.90 Å². The van der Waals surface area contributed by atoms with E-state index in [0.717, 1.165) is 74.5 Å². The van der Waals surface area contributed by atoms with Crippen LogP contribution in [0.1, 0.15) is 74.9 Å². The van der Waals surface area contributed by atoms with Gasteiger partial charge in [-0.1, -0.05) is 19.1 Å². The maximum absolute atomic E-state index is 12.6. The number of hydrogen-bond acceptors (Lipinski definition) is 4. The van der Waals surface area contributed by atoms with Crippen LogP contribution in [0, 0.1) is 12.8 Å².